The number of hydrogen-bond donors (Lipinski definition) is 1. The summed E-state index contributed by atoms with van der Waals surface area (Å²) in [4.78, 5) is 12.9. The number of aromatic nitrogens is 4. The summed E-state index contributed by atoms with van der Waals surface area (Å²) in [5.41, 5.74) is 7.27. The predicted molar refractivity (Wildman–Crippen MR) is 126 cm³/mol. The summed E-state index contributed by atoms with van der Waals surface area (Å²) in [5, 5.41) is 12.9. The Bertz CT molecular complexity index is 1270. The van der Waals surface area contributed by atoms with E-state index in [4.69, 9.17) is 11.6 Å². The molecule has 0 unspecified atom stereocenters. The lowest BCUT2D eigenvalue weighted by atomic mass is 10.1. The molecule has 0 bridgehead atoms. The van der Waals surface area contributed by atoms with Crippen molar-refractivity contribution < 1.29 is 4.79 Å². The van der Waals surface area contributed by atoms with Gasteiger partial charge in [-0.1, -0.05) is 41.9 Å². The molecule has 7 heteroatoms. The summed E-state index contributed by atoms with van der Waals surface area (Å²) >= 11 is 6.26. The van der Waals surface area contributed by atoms with Crippen LogP contribution in [-0.2, 0) is 13.1 Å². The molecule has 0 saturated carbocycles. The van der Waals surface area contributed by atoms with Crippen molar-refractivity contribution in [3.8, 4) is 5.69 Å². The number of halogens is 1. The smallest absolute Gasteiger partial charge is 0.251 e. The molecule has 6 nitrogen and oxygen atoms in total. The Kier molecular flexibility index (Phi) is 6.15. The fraction of sp³-hybridized carbons (Fsp3) is 0.240. The highest BCUT2D eigenvalue weighted by molar-refractivity contribution is 6.31. The molecule has 0 spiro atoms. The largest absolute Gasteiger partial charge is 0.348 e. The van der Waals surface area contributed by atoms with Gasteiger partial charge in [0.1, 0.15) is 0 Å². The zero-order chi connectivity index (χ0) is 22.8. The van der Waals surface area contributed by atoms with E-state index in [9.17, 15) is 4.79 Å². The molecule has 0 saturated heterocycles. The first-order chi connectivity index (χ1) is 15.3. The number of amides is 1. The van der Waals surface area contributed by atoms with Crippen molar-refractivity contribution in [1.82, 2.24) is 24.9 Å². The Morgan fingerprint density at radius 1 is 0.938 bits per heavy atom. The molecule has 2 aromatic carbocycles. The summed E-state index contributed by atoms with van der Waals surface area (Å²) in [5.74, 6) is -0.121. The Balaban J connectivity index is 1.48. The second-order valence-corrected chi connectivity index (χ2v) is 8.30. The minimum Gasteiger partial charge on any atom is -0.348 e. The number of carbonyl (C=O) groups excluding carboxylic acids is 1. The van der Waals surface area contributed by atoms with Crippen molar-refractivity contribution in [2.75, 3.05) is 0 Å². The van der Waals surface area contributed by atoms with E-state index in [-0.39, 0.29) is 5.91 Å². The molecule has 0 aliphatic heterocycles. The lowest BCUT2D eigenvalue weighted by Gasteiger charge is -2.09. The standard InChI is InChI=1S/C25H26ClN5O/c1-16-23(18(3)31(29-16)22-11-6-5-7-12-22)14-27-25(32)21-10-8-9-20(13-21)15-30-19(4)24(26)17(2)28-30/h5-13H,14-15H2,1-4H3,(H,27,32). The molecule has 0 atom stereocenters. The summed E-state index contributed by atoms with van der Waals surface area (Å²) in [6.07, 6.45) is 0. The summed E-state index contributed by atoms with van der Waals surface area (Å²) in [6.45, 7) is 8.80. The molecule has 4 rings (SSSR count). The van der Waals surface area contributed by atoms with E-state index in [0.29, 0.717) is 23.7 Å². The monoisotopic (exact) mass is 447 g/mol. The second-order valence-electron chi connectivity index (χ2n) is 7.92. The van der Waals surface area contributed by atoms with Gasteiger partial charge in [0.05, 0.1) is 34.3 Å². The molecule has 0 aliphatic rings. The van der Waals surface area contributed by atoms with E-state index in [0.717, 1.165) is 39.6 Å². The van der Waals surface area contributed by atoms with E-state index < -0.39 is 0 Å². The first kappa shape index (κ1) is 21.8. The normalized spacial score (nSPS) is 11.0. The van der Waals surface area contributed by atoms with Gasteiger partial charge in [-0.05, 0) is 57.5 Å². The number of para-hydroxylation sites is 1. The molecule has 32 heavy (non-hydrogen) atoms. The van der Waals surface area contributed by atoms with E-state index in [2.05, 4.69) is 15.5 Å². The van der Waals surface area contributed by atoms with Crippen LogP contribution in [0, 0.1) is 27.7 Å². The van der Waals surface area contributed by atoms with Gasteiger partial charge < -0.3 is 5.32 Å². The fourth-order valence-corrected chi connectivity index (χ4v) is 3.97. The Morgan fingerprint density at radius 2 is 1.69 bits per heavy atom. The van der Waals surface area contributed by atoms with Crippen LogP contribution in [0.4, 0.5) is 0 Å². The second kappa shape index (κ2) is 9.01. The summed E-state index contributed by atoms with van der Waals surface area (Å²) < 4.78 is 3.77. The van der Waals surface area contributed by atoms with Crippen LogP contribution < -0.4 is 5.32 Å². The maximum atomic E-state index is 12.9. The quantitative estimate of drug-likeness (QED) is 0.455. The SMILES string of the molecule is Cc1nn(Cc2cccc(C(=O)NCc3c(C)nn(-c4ccccc4)c3C)c2)c(C)c1Cl. The molecule has 4 aromatic rings. The van der Waals surface area contributed by atoms with E-state index >= 15 is 0 Å². The van der Waals surface area contributed by atoms with Crippen LogP contribution >= 0.6 is 11.6 Å². The average molecular weight is 448 g/mol. The third-order valence-corrected chi connectivity index (χ3v) is 6.23. The average Bonchev–Trinajstić information content (AvgIpc) is 3.22. The highest BCUT2D eigenvalue weighted by atomic mass is 35.5. The molecular weight excluding hydrogens is 422 g/mol. The fourth-order valence-electron chi connectivity index (χ4n) is 3.84. The first-order valence-electron chi connectivity index (χ1n) is 10.5. The van der Waals surface area contributed by atoms with Gasteiger partial charge in [-0.15, -0.1) is 0 Å². The third kappa shape index (κ3) is 4.32. The number of benzene rings is 2. The van der Waals surface area contributed by atoms with Gasteiger partial charge in [0.15, 0.2) is 0 Å². The van der Waals surface area contributed by atoms with E-state index in [1.807, 2.05) is 91.7 Å². The third-order valence-electron chi connectivity index (χ3n) is 5.68. The van der Waals surface area contributed by atoms with Gasteiger partial charge in [-0.25, -0.2) is 4.68 Å². The van der Waals surface area contributed by atoms with Gasteiger partial charge in [-0.3, -0.25) is 9.48 Å². The minimum atomic E-state index is -0.121. The van der Waals surface area contributed by atoms with Crippen LogP contribution in [0.25, 0.3) is 5.69 Å². The van der Waals surface area contributed by atoms with Crippen molar-refractivity contribution in [3.05, 3.63) is 99.1 Å². The number of aryl methyl sites for hydroxylation is 2. The van der Waals surface area contributed by atoms with Gasteiger partial charge in [0.25, 0.3) is 5.91 Å². The number of hydrogen-bond acceptors (Lipinski definition) is 3. The lowest BCUT2D eigenvalue weighted by molar-refractivity contribution is 0.0950. The highest BCUT2D eigenvalue weighted by Crippen LogP contribution is 2.21. The maximum Gasteiger partial charge on any atom is 0.251 e. The number of nitrogens with zero attached hydrogens (tertiary/aromatic N) is 4. The summed E-state index contributed by atoms with van der Waals surface area (Å²) in [6, 6.07) is 17.6. The van der Waals surface area contributed by atoms with Crippen LogP contribution in [0.2, 0.25) is 5.02 Å². The van der Waals surface area contributed by atoms with Crippen molar-refractivity contribution >= 4 is 17.5 Å². The van der Waals surface area contributed by atoms with Crippen molar-refractivity contribution in [2.45, 2.75) is 40.8 Å². The minimum absolute atomic E-state index is 0.121. The molecule has 2 aromatic heterocycles. The van der Waals surface area contributed by atoms with Gasteiger partial charge in [-0.2, -0.15) is 10.2 Å². The van der Waals surface area contributed by atoms with Crippen molar-refractivity contribution in [3.63, 3.8) is 0 Å². The van der Waals surface area contributed by atoms with Crippen LogP contribution in [0.5, 0.6) is 0 Å². The topological polar surface area (TPSA) is 64.7 Å². The molecule has 1 N–H and O–H groups in total. The highest BCUT2D eigenvalue weighted by Gasteiger charge is 2.15. The zero-order valence-corrected chi connectivity index (χ0v) is 19.4. The number of carbonyl (C=O) groups is 1. The van der Waals surface area contributed by atoms with Crippen molar-refractivity contribution in [2.24, 2.45) is 0 Å². The van der Waals surface area contributed by atoms with Gasteiger partial charge >= 0.3 is 0 Å². The molecular formula is C25H26ClN5O. The molecule has 164 valence electrons. The van der Waals surface area contributed by atoms with Crippen LogP contribution in [0.3, 0.4) is 0 Å². The molecule has 1 amide bonds. The molecule has 2 heterocycles. The Labute approximate surface area is 192 Å². The molecule has 0 fully saturated rings. The lowest BCUT2D eigenvalue weighted by Crippen LogP contribution is -2.23. The molecule has 0 aliphatic carbocycles. The van der Waals surface area contributed by atoms with Crippen molar-refractivity contribution in [1.29, 1.82) is 0 Å². The van der Waals surface area contributed by atoms with Gasteiger partial charge in [0.2, 0.25) is 0 Å². The van der Waals surface area contributed by atoms with Crippen LogP contribution in [0.15, 0.2) is 54.6 Å². The van der Waals surface area contributed by atoms with E-state index in [1.54, 1.807) is 0 Å². The Morgan fingerprint density at radius 3 is 2.38 bits per heavy atom. The van der Waals surface area contributed by atoms with E-state index in [1.165, 1.54) is 0 Å². The maximum absolute atomic E-state index is 12.9. The van der Waals surface area contributed by atoms with Gasteiger partial charge in [0, 0.05) is 23.4 Å². The Hall–Kier alpha value is -3.38. The molecule has 0 radical (unpaired) electrons. The predicted octanol–water partition coefficient (Wildman–Crippen LogP) is 4.93. The van der Waals surface area contributed by atoms with Crippen LogP contribution in [0.1, 0.15) is 44.3 Å². The number of rotatable bonds is 6. The first-order valence-corrected chi connectivity index (χ1v) is 10.9. The number of nitrogens with one attached hydrogen (secondary N) is 1. The van der Waals surface area contributed by atoms with Crippen LogP contribution in [-0.4, -0.2) is 25.5 Å². The zero-order valence-electron chi connectivity index (χ0n) is 18.7. The summed E-state index contributed by atoms with van der Waals surface area (Å²) in [7, 11) is 0.